The average Bonchev–Trinajstić information content (AvgIpc) is 2.76. The topological polar surface area (TPSA) is 55.3 Å². The Hall–Kier alpha value is -3.21. The van der Waals surface area contributed by atoms with Crippen molar-refractivity contribution in [2.45, 2.75) is 25.4 Å². The number of rotatable bonds is 5. The maximum absolute atomic E-state index is 12.7. The molecule has 1 aromatic heterocycles. The number of ether oxygens (including phenoxy) is 1. The molecule has 28 heavy (non-hydrogen) atoms. The Labute approximate surface area is 165 Å². The van der Waals surface area contributed by atoms with Crippen molar-refractivity contribution in [2.75, 3.05) is 13.1 Å². The lowest BCUT2D eigenvalue weighted by molar-refractivity contribution is -0.132. The molecule has 2 heterocycles. The number of benzene rings is 2. The van der Waals surface area contributed by atoms with Crippen LogP contribution in [0.2, 0.25) is 0 Å². The molecule has 1 fully saturated rings. The summed E-state index contributed by atoms with van der Waals surface area (Å²) in [6.45, 7) is 1.44. The molecule has 3 aromatic rings. The van der Waals surface area contributed by atoms with Gasteiger partial charge in [0.15, 0.2) is 0 Å². The second-order valence-electron chi connectivity index (χ2n) is 6.99. The molecule has 0 aliphatic carbocycles. The summed E-state index contributed by atoms with van der Waals surface area (Å²) in [5.41, 5.74) is 3.40. The molecular weight excluding hydrogens is 350 g/mol. The highest BCUT2D eigenvalue weighted by atomic mass is 16.5. The van der Waals surface area contributed by atoms with Gasteiger partial charge in [0.05, 0.1) is 6.42 Å². The smallest absolute Gasteiger partial charge is 0.226 e. The summed E-state index contributed by atoms with van der Waals surface area (Å²) in [5.74, 6) is 0.770. The Morgan fingerprint density at radius 3 is 2.36 bits per heavy atom. The van der Waals surface area contributed by atoms with Crippen LogP contribution in [0.1, 0.15) is 18.4 Å². The fourth-order valence-electron chi connectivity index (χ4n) is 3.47. The van der Waals surface area contributed by atoms with E-state index in [1.54, 1.807) is 12.3 Å². The van der Waals surface area contributed by atoms with Gasteiger partial charge in [0.2, 0.25) is 11.8 Å². The second kappa shape index (κ2) is 8.65. The predicted octanol–water partition coefficient (Wildman–Crippen LogP) is 3.76. The molecule has 0 atom stereocenters. The molecule has 0 saturated carbocycles. The van der Waals surface area contributed by atoms with Crippen LogP contribution in [0.4, 0.5) is 0 Å². The largest absolute Gasteiger partial charge is 0.474 e. The molecule has 0 N–H and O–H groups in total. The standard InChI is InChI=1S/C23H23N3O2/c27-23(16-18-6-8-20(9-7-18)19-4-2-1-3-5-19)26-14-11-21(12-15-26)28-22-10-13-24-17-25-22/h1-10,13,17,21H,11-12,14-16H2. The first-order valence-corrected chi connectivity index (χ1v) is 9.63. The minimum atomic E-state index is 0.101. The predicted molar refractivity (Wildman–Crippen MR) is 108 cm³/mol. The van der Waals surface area contributed by atoms with Crippen LogP contribution in [-0.4, -0.2) is 40.0 Å². The van der Waals surface area contributed by atoms with E-state index >= 15 is 0 Å². The first-order chi connectivity index (χ1) is 13.8. The zero-order valence-corrected chi connectivity index (χ0v) is 15.7. The zero-order valence-electron chi connectivity index (χ0n) is 15.7. The third-order valence-corrected chi connectivity index (χ3v) is 5.05. The molecule has 0 unspecified atom stereocenters. The highest BCUT2D eigenvalue weighted by Gasteiger charge is 2.24. The number of hydrogen-bond acceptors (Lipinski definition) is 4. The van der Waals surface area contributed by atoms with Gasteiger partial charge in [0, 0.05) is 38.2 Å². The van der Waals surface area contributed by atoms with Crippen molar-refractivity contribution in [3.8, 4) is 17.0 Å². The lowest BCUT2D eigenvalue weighted by Crippen LogP contribution is -2.42. The summed E-state index contributed by atoms with van der Waals surface area (Å²) in [7, 11) is 0. The molecular formula is C23H23N3O2. The normalized spacial score (nSPS) is 14.6. The summed E-state index contributed by atoms with van der Waals surface area (Å²) >= 11 is 0. The number of amides is 1. The molecule has 0 radical (unpaired) electrons. The van der Waals surface area contributed by atoms with Gasteiger partial charge in [-0.15, -0.1) is 0 Å². The highest BCUT2D eigenvalue weighted by molar-refractivity contribution is 5.79. The summed E-state index contributed by atoms with van der Waals surface area (Å²) in [6, 6.07) is 20.3. The Morgan fingerprint density at radius 1 is 0.964 bits per heavy atom. The van der Waals surface area contributed by atoms with E-state index in [2.05, 4.69) is 34.2 Å². The van der Waals surface area contributed by atoms with Gasteiger partial charge in [-0.25, -0.2) is 9.97 Å². The zero-order chi connectivity index (χ0) is 19.2. The minimum Gasteiger partial charge on any atom is -0.474 e. The van der Waals surface area contributed by atoms with Crippen LogP contribution in [0.25, 0.3) is 11.1 Å². The molecule has 1 aliphatic heterocycles. The number of nitrogens with zero attached hydrogens (tertiary/aromatic N) is 3. The van der Waals surface area contributed by atoms with Gasteiger partial charge in [-0.2, -0.15) is 0 Å². The van der Waals surface area contributed by atoms with E-state index in [0.717, 1.165) is 31.5 Å². The molecule has 0 bridgehead atoms. The Bertz CT molecular complexity index is 890. The average molecular weight is 373 g/mol. The molecule has 4 rings (SSSR count). The van der Waals surface area contributed by atoms with Crippen molar-refractivity contribution in [3.63, 3.8) is 0 Å². The number of hydrogen-bond donors (Lipinski definition) is 0. The van der Waals surface area contributed by atoms with E-state index in [1.807, 2.05) is 35.2 Å². The van der Waals surface area contributed by atoms with Gasteiger partial charge in [0.25, 0.3) is 0 Å². The third kappa shape index (κ3) is 4.55. The van der Waals surface area contributed by atoms with Crippen molar-refractivity contribution >= 4 is 5.91 Å². The van der Waals surface area contributed by atoms with Gasteiger partial charge in [-0.05, 0) is 16.7 Å². The minimum absolute atomic E-state index is 0.101. The maximum Gasteiger partial charge on any atom is 0.226 e. The quantitative estimate of drug-likeness (QED) is 0.683. The molecule has 5 heteroatoms. The van der Waals surface area contributed by atoms with Gasteiger partial charge in [-0.3, -0.25) is 4.79 Å². The number of carbonyl (C=O) groups excluding carboxylic acids is 1. The summed E-state index contributed by atoms with van der Waals surface area (Å²) in [4.78, 5) is 22.6. The number of carbonyl (C=O) groups is 1. The van der Waals surface area contributed by atoms with E-state index in [1.165, 1.54) is 17.5 Å². The summed E-state index contributed by atoms with van der Waals surface area (Å²) in [5, 5.41) is 0. The monoisotopic (exact) mass is 373 g/mol. The highest BCUT2D eigenvalue weighted by Crippen LogP contribution is 2.21. The van der Waals surface area contributed by atoms with Crippen molar-refractivity contribution in [1.82, 2.24) is 14.9 Å². The van der Waals surface area contributed by atoms with Crippen LogP contribution in [0, 0.1) is 0 Å². The molecule has 1 amide bonds. The number of piperidine rings is 1. The van der Waals surface area contributed by atoms with E-state index in [0.29, 0.717) is 12.3 Å². The van der Waals surface area contributed by atoms with E-state index in [4.69, 9.17) is 4.74 Å². The Kier molecular flexibility index (Phi) is 5.61. The summed E-state index contributed by atoms with van der Waals surface area (Å²) in [6.07, 6.45) is 5.34. The van der Waals surface area contributed by atoms with Gasteiger partial charge < -0.3 is 9.64 Å². The van der Waals surface area contributed by atoms with Crippen LogP contribution in [0.3, 0.4) is 0 Å². The molecule has 0 spiro atoms. The maximum atomic E-state index is 12.7. The molecule has 5 nitrogen and oxygen atoms in total. The fraction of sp³-hybridized carbons (Fsp3) is 0.261. The lowest BCUT2D eigenvalue weighted by Gasteiger charge is -2.32. The van der Waals surface area contributed by atoms with Crippen molar-refractivity contribution in [1.29, 1.82) is 0 Å². The first kappa shape index (κ1) is 18.2. The van der Waals surface area contributed by atoms with Gasteiger partial charge in [-0.1, -0.05) is 54.6 Å². The van der Waals surface area contributed by atoms with E-state index < -0.39 is 0 Å². The van der Waals surface area contributed by atoms with Gasteiger partial charge in [0.1, 0.15) is 12.4 Å². The van der Waals surface area contributed by atoms with Crippen LogP contribution in [0.5, 0.6) is 5.88 Å². The first-order valence-electron chi connectivity index (χ1n) is 9.63. The second-order valence-corrected chi connectivity index (χ2v) is 6.99. The van der Waals surface area contributed by atoms with Crippen molar-refractivity contribution < 1.29 is 9.53 Å². The van der Waals surface area contributed by atoms with E-state index in [-0.39, 0.29) is 12.0 Å². The van der Waals surface area contributed by atoms with Crippen molar-refractivity contribution in [3.05, 3.63) is 78.8 Å². The fourth-order valence-corrected chi connectivity index (χ4v) is 3.47. The van der Waals surface area contributed by atoms with Gasteiger partial charge >= 0.3 is 0 Å². The third-order valence-electron chi connectivity index (χ3n) is 5.05. The molecule has 1 aliphatic rings. The molecule has 2 aromatic carbocycles. The molecule has 1 saturated heterocycles. The lowest BCUT2D eigenvalue weighted by atomic mass is 10.0. The van der Waals surface area contributed by atoms with E-state index in [9.17, 15) is 4.79 Å². The Balaban J connectivity index is 1.29. The van der Waals surface area contributed by atoms with Crippen LogP contribution in [-0.2, 0) is 11.2 Å². The number of likely N-dealkylation sites (tertiary alicyclic amines) is 1. The van der Waals surface area contributed by atoms with Crippen LogP contribution < -0.4 is 4.74 Å². The van der Waals surface area contributed by atoms with Crippen LogP contribution >= 0.6 is 0 Å². The number of aromatic nitrogens is 2. The van der Waals surface area contributed by atoms with Crippen LogP contribution in [0.15, 0.2) is 73.2 Å². The Morgan fingerprint density at radius 2 is 1.68 bits per heavy atom. The molecule has 142 valence electrons. The SMILES string of the molecule is O=C(Cc1ccc(-c2ccccc2)cc1)N1CCC(Oc2ccncn2)CC1. The van der Waals surface area contributed by atoms with Crippen molar-refractivity contribution in [2.24, 2.45) is 0 Å². The summed E-state index contributed by atoms with van der Waals surface area (Å²) < 4.78 is 5.87.